The smallest absolute Gasteiger partial charge is 0.309 e. The lowest BCUT2D eigenvalue weighted by molar-refractivity contribution is -0.238. The highest BCUT2D eigenvalue weighted by Crippen LogP contribution is 2.62. The van der Waals surface area contributed by atoms with E-state index in [4.69, 9.17) is 14.2 Å². The summed E-state index contributed by atoms with van der Waals surface area (Å²) in [6, 6.07) is 0. The molecule has 1 saturated heterocycles. The average Bonchev–Trinajstić information content (AvgIpc) is 3.06. The summed E-state index contributed by atoms with van der Waals surface area (Å²) >= 11 is 0. The Morgan fingerprint density at radius 3 is 2.37 bits per heavy atom. The maximum absolute atomic E-state index is 12.5. The van der Waals surface area contributed by atoms with Crippen LogP contribution in [-0.2, 0) is 28.6 Å². The van der Waals surface area contributed by atoms with E-state index in [1.165, 1.54) is 0 Å². The Kier molecular flexibility index (Phi) is 5.62. The van der Waals surface area contributed by atoms with Crippen LogP contribution >= 0.6 is 0 Å². The van der Waals surface area contributed by atoms with Crippen molar-refractivity contribution in [2.45, 2.75) is 89.4 Å². The number of aliphatic hydroxyl groups is 1. The number of cyclic esters (lactones) is 1. The molecule has 5 atom stereocenters. The van der Waals surface area contributed by atoms with E-state index in [0.29, 0.717) is 31.6 Å². The normalized spacial score (nSPS) is 41.3. The fourth-order valence-electron chi connectivity index (χ4n) is 6.46. The largest absolute Gasteiger partial charge is 0.462 e. The first-order valence-corrected chi connectivity index (χ1v) is 11.4. The van der Waals surface area contributed by atoms with Gasteiger partial charge in [-0.1, -0.05) is 20.8 Å². The molecule has 7 heteroatoms. The van der Waals surface area contributed by atoms with E-state index in [1.807, 2.05) is 20.8 Å². The molecule has 4 aliphatic carbocycles. The fraction of sp³-hybridized carbons (Fsp3) is 0.870. The van der Waals surface area contributed by atoms with Crippen LogP contribution in [-0.4, -0.2) is 46.9 Å². The summed E-state index contributed by atoms with van der Waals surface area (Å²) in [5.41, 5.74) is -1.31. The van der Waals surface area contributed by atoms with Crippen molar-refractivity contribution < 1.29 is 33.7 Å². The van der Waals surface area contributed by atoms with Crippen LogP contribution in [0.1, 0.15) is 72.1 Å². The van der Waals surface area contributed by atoms with E-state index in [9.17, 15) is 19.5 Å². The first-order chi connectivity index (χ1) is 14.1. The molecule has 5 rings (SSSR count). The van der Waals surface area contributed by atoms with E-state index in [0.717, 1.165) is 19.3 Å². The topological polar surface area (TPSA) is 99.1 Å². The Balaban J connectivity index is 1.40. The van der Waals surface area contributed by atoms with Gasteiger partial charge in [-0.25, -0.2) is 0 Å². The summed E-state index contributed by atoms with van der Waals surface area (Å²) < 4.78 is 16.4. The SMILES string of the molecule is CCC(C)C(=O)OC12CC3CC(O)(CC(C1)C3CC(C)C(=O)OC1COC(=O)C1)C2. The molecule has 5 unspecified atom stereocenters. The van der Waals surface area contributed by atoms with Crippen LogP contribution in [0.25, 0.3) is 0 Å². The van der Waals surface area contributed by atoms with Crippen molar-refractivity contribution in [2.24, 2.45) is 29.6 Å². The van der Waals surface area contributed by atoms with Gasteiger partial charge in [0.2, 0.25) is 0 Å². The molecule has 5 aliphatic rings. The third kappa shape index (κ3) is 4.10. The van der Waals surface area contributed by atoms with Gasteiger partial charge in [0.05, 0.1) is 23.9 Å². The maximum Gasteiger partial charge on any atom is 0.309 e. The highest BCUT2D eigenvalue weighted by atomic mass is 16.6. The van der Waals surface area contributed by atoms with E-state index in [2.05, 4.69) is 0 Å². The Morgan fingerprint density at radius 2 is 1.80 bits per heavy atom. The second kappa shape index (κ2) is 7.81. The fourth-order valence-corrected chi connectivity index (χ4v) is 6.46. The van der Waals surface area contributed by atoms with Crippen LogP contribution in [0.3, 0.4) is 0 Å². The van der Waals surface area contributed by atoms with E-state index >= 15 is 0 Å². The van der Waals surface area contributed by atoms with Gasteiger partial charge < -0.3 is 19.3 Å². The molecule has 4 saturated carbocycles. The second-order valence-corrected chi connectivity index (χ2v) is 10.4. The lowest BCUT2D eigenvalue weighted by atomic mass is 9.47. The predicted molar refractivity (Wildman–Crippen MR) is 106 cm³/mol. The number of rotatable bonds is 7. The number of hydrogen-bond acceptors (Lipinski definition) is 7. The number of ether oxygens (including phenoxy) is 3. The molecule has 168 valence electrons. The number of esters is 3. The summed E-state index contributed by atoms with van der Waals surface area (Å²) in [6.07, 6.45) is 4.59. The molecule has 0 aromatic heterocycles. The minimum absolute atomic E-state index is 0.129. The van der Waals surface area contributed by atoms with Gasteiger partial charge >= 0.3 is 17.9 Å². The Bertz CT molecular complexity index is 700. The zero-order valence-corrected chi connectivity index (χ0v) is 18.2. The van der Waals surface area contributed by atoms with Crippen molar-refractivity contribution in [1.82, 2.24) is 0 Å². The molecule has 4 bridgehead atoms. The molecule has 30 heavy (non-hydrogen) atoms. The molecule has 0 radical (unpaired) electrons. The summed E-state index contributed by atoms with van der Waals surface area (Å²) in [5.74, 6) is -0.396. The Labute approximate surface area is 177 Å². The van der Waals surface area contributed by atoms with Gasteiger partial charge in [-0.15, -0.1) is 0 Å². The van der Waals surface area contributed by atoms with Crippen LogP contribution in [0.4, 0.5) is 0 Å². The summed E-state index contributed by atoms with van der Waals surface area (Å²) in [5, 5.41) is 11.1. The molecule has 1 heterocycles. The molecule has 0 aromatic rings. The third-order valence-electron chi connectivity index (χ3n) is 7.88. The molecule has 5 fully saturated rings. The van der Waals surface area contributed by atoms with Crippen LogP contribution in [0, 0.1) is 29.6 Å². The van der Waals surface area contributed by atoms with Gasteiger partial charge in [-0.05, 0) is 56.3 Å². The zero-order chi connectivity index (χ0) is 21.7. The molecule has 0 aromatic carbocycles. The van der Waals surface area contributed by atoms with Crippen LogP contribution < -0.4 is 0 Å². The van der Waals surface area contributed by atoms with Crippen LogP contribution in [0.5, 0.6) is 0 Å². The minimum atomic E-state index is -0.761. The summed E-state index contributed by atoms with van der Waals surface area (Å²) in [7, 11) is 0. The lowest BCUT2D eigenvalue weighted by Gasteiger charge is -2.62. The van der Waals surface area contributed by atoms with Crippen molar-refractivity contribution >= 4 is 17.9 Å². The van der Waals surface area contributed by atoms with Crippen molar-refractivity contribution in [2.75, 3.05) is 6.61 Å². The number of carbonyl (C=O) groups is 3. The Morgan fingerprint density at radius 1 is 1.13 bits per heavy atom. The highest BCUT2D eigenvalue weighted by molar-refractivity contribution is 5.75. The summed E-state index contributed by atoms with van der Waals surface area (Å²) in [6.45, 7) is 5.88. The average molecular weight is 423 g/mol. The molecule has 7 nitrogen and oxygen atoms in total. The molecule has 1 aliphatic heterocycles. The predicted octanol–water partition coefficient (Wildman–Crippen LogP) is 2.77. The zero-order valence-electron chi connectivity index (χ0n) is 18.2. The molecule has 1 N–H and O–H groups in total. The van der Waals surface area contributed by atoms with Crippen LogP contribution in [0.15, 0.2) is 0 Å². The molecular weight excluding hydrogens is 388 g/mol. The summed E-state index contributed by atoms with van der Waals surface area (Å²) in [4.78, 5) is 36.3. The third-order valence-corrected chi connectivity index (χ3v) is 7.88. The monoisotopic (exact) mass is 422 g/mol. The second-order valence-electron chi connectivity index (χ2n) is 10.4. The minimum Gasteiger partial charge on any atom is -0.462 e. The van der Waals surface area contributed by atoms with Gasteiger partial charge in [-0.2, -0.15) is 0 Å². The number of carbonyl (C=O) groups excluding carboxylic acids is 3. The maximum atomic E-state index is 12.5. The van der Waals surface area contributed by atoms with Gasteiger partial charge in [-0.3, -0.25) is 14.4 Å². The first kappa shape index (κ1) is 21.6. The number of hydrogen-bond donors (Lipinski definition) is 1. The highest BCUT2D eigenvalue weighted by Gasteiger charge is 2.62. The molecule has 0 amide bonds. The lowest BCUT2D eigenvalue weighted by Crippen LogP contribution is -2.63. The molecular formula is C23H34O7. The van der Waals surface area contributed by atoms with Gasteiger partial charge in [0.25, 0.3) is 0 Å². The van der Waals surface area contributed by atoms with Gasteiger partial charge in [0.1, 0.15) is 18.3 Å². The van der Waals surface area contributed by atoms with E-state index in [1.54, 1.807) is 0 Å². The first-order valence-electron chi connectivity index (χ1n) is 11.4. The van der Waals surface area contributed by atoms with E-state index < -0.39 is 17.3 Å². The van der Waals surface area contributed by atoms with Crippen molar-refractivity contribution in [3.8, 4) is 0 Å². The van der Waals surface area contributed by atoms with Crippen molar-refractivity contribution in [3.05, 3.63) is 0 Å². The molecule has 0 spiro atoms. The van der Waals surface area contributed by atoms with Gasteiger partial charge in [0.15, 0.2) is 0 Å². The van der Waals surface area contributed by atoms with E-state index in [-0.39, 0.29) is 54.6 Å². The van der Waals surface area contributed by atoms with Crippen molar-refractivity contribution in [3.63, 3.8) is 0 Å². The quantitative estimate of drug-likeness (QED) is 0.497. The van der Waals surface area contributed by atoms with Gasteiger partial charge in [0, 0.05) is 6.42 Å². The van der Waals surface area contributed by atoms with Crippen LogP contribution in [0.2, 0.25) is 0 Å². The standard InChI is InChI=1S/C23H34O7/c1-4-13(2)21(26)30-23-9-15-7-22(27,12-23)8-16(10-23)18(15)5-14(3)20(25)29-17-6-19(24)28-11-17/h13-18,27H,4-12H2,1-3H3. The Hall–Kier alpha value is -1.63. The van der Waals surface area contributed by atoms with Crippen molar-refractivity contribution in [1.29, 1.82) is 0 Å².